The lowest BCUT2D eigenvalue weighted by Crippen LogP contribution is -2.46. The molecule has 2 aromatic rings. The summed E-state index contributed by atoms with van der Waals surface area (Å²) < 4.78 is 7.35. The Balaban J connectivity index is 1.66. The van der Waals surface area contributed by atoms with Crippen molar-refractivity contribution in [2.75, 3.05) is 13.2 Å². The van der Waals surface area contributed by atoms with Crippen LogP contribution in [0.1, 0.15) is 38.7 Å². The van der Waals surface area contributed by atoms with E-state index < -0.39 is 0 Å². The van der Waals surface area contributed by atoms with E-state index in [2.05, 4.69) is 43.4 Å². The molecule has 1 saturated heterocycles. The number of hydrogen-bond acceptors (Lipinski definition) is 3. The topological polar surface area (TPSA) is 60.3 Å². The number of pyridine rings is 1. The van der Waals surface area contributed by atoms with Gasteiger partial charge in [-0.3, -0.25) is 9.59 Å². The van der Waals surface area contributed by atoms with Gasteiger partial charge in [-0.25, -0.2) is 0 Å². The van der Waals surface area contributed by atoms with Crippen LogP contribution in [0.2, 0.25) is 0 Å². The van der Waals surface area contributed by atoms with Gasteiger partial charge in [0, 0.05) is 30.8 Å². The second-order valence-corrected chi connectivity index (χ2v) is 7.95. The van der Waals surface area contributed by atoms with Crippen LogP contribution in [0.25, 0.3) is 0 Å². The molecule has 1 aromatic heterocycles. The number of benzene rings is 1. The van der Waals surface area contributed by atoms with Crippen molar-refractivity contribution in [3.05, 3.63) is 70.6 Å². The molecule has 3 rings (SSSR count). The van der Waals surface area contributed by atoms with Crippen molar-refractivity contribution in [2.45, 2.75) is 50.7 Å². The molecule has 27 heavy (non-hydrogen) atoms. The van der Waals surface area contributed by atoms with Gasteiger partial charge in [0.05, 0.1) is 5.60 Å². The van der Waals surface area contributed by atoms with Gasteiger partial charge in [-0.15, -0.1) is 0 Å². The summed E-state index contributed by atoms with van der Waals surface area (Å²) in [5.41, 5.74) is 0.935. The Morgan fingerprint density at radius 1 is 1.15 bits per heavy atom. The van der Waals surface area contributed by atoms with Crippen LogP contribution in [0.3, 0.4) is 0 Å². The summed E-state index contributed by atoms with van der Waals surface area (Å²) in [5, 5.41) is 2.99. The zero-order valence-corrected chi connectivity index (χ0v) is 16.1. The second kappa shape index (κ2) is 8.09. The van der Waals surface area contributed by atoms with Crippen LogP contribution in [-0.4, -0.2) is 29.2 Å². The summed E-state index contributed by atoms with van der Waals surface area (Å²) in [7, 11) is 0. The zero-order chi connectivity index (χ0) is 19.3. The molecule has 1 aliphatic rings. The van der Waals surface area contributed by atoms with Crippen molar-refractivity contribution in [3.8, 4) is 0 Å². The SMILES string of the molecule is CC1(C)C[C@@](CCNC(=O)Cn2ccccc2=O)(c2ccccc2)CCO1. The number of amides is 1. The molecule has 1 N–H and O–H groups in total. The van der Waals surface area contributed by atoms with Crippen LogP contribution in [0.5, 0.6) is 0 Å². The number of carbonyl (C=O) groups is 1. The van der Waals surface area contributed by atoms with E-state index in [-0.39, 0.29) is 29.0 Å². The molecule has 0 saturated carbocycles. The molecule has 5 heteroatoms. The fraction of sp³-hybridized carbons (Fsp3) is 0.455. The van der Waals surface area contributed by atoms with Gasteiger partial charge < -0.3 is 14.6 Å². The van der Waals surface area contributed by atoms with E-state index in [1.807, 2.05) is 6.07 Å². The highest BCUT2D eigenvalue weighted by Gasteiger charge is 2.41. The fourth-order valence-electron chi connectivity index (χ4n) is 4.12. The summed E-state index contributed by atoms with van der Waals surface area (Å²) in [6, 6.07) is 15.4. The minimum atomic E-state index is -0.185. The van der Waals surface area contributed by atoms with Crippen LogP contribution in [0.4, 0.5) is 0 Å². The van der Waals surface area contributed by atoms with E-state index in [1.165, 1.54) is 16.2 Å². The average molecular weight is 368 g/mol. The Labute approximate surface area is 160 Å². The molecule has 0 aliphatic carbocycles. The standard InChI is InChI=1S/C22H28N2O3/c1-21(2)17-22(12-15-27-21,18-8-4-3-5-9-18)11-13-23-19(25)16-24-14-7-6-10-20(24)26/h3-10,14H,11-13,15-17H2,1-2H3,(H,23,25)/t22-/m0/s1. The van der Waals surface area contributed by atoms with E-state index in [1.54, 1.807) is 18.3 Å². The second-order valence-electron chi connectivity index (χ2n) is 7.95. The van der Waals surface area contributed by atoms with E-state index in [4.69, 9.17) is 4.74 Å². The van der Waals surface area contributed by atoms with Crippen molar-refractivity contribution in [1.29, 1.82) is 0 Å². The smallest absolute Gasteiger partial charge is 0.250 e. The van der Waals surface area contributed by atoms with Crippen molar-refractivity contribution in [1.82, 2.24) is 9.88 Å². The number of nitrogens with one attached hydrogen (secondary N) is 1. The molecule has 5 nitrogen and oxygen atoms in total. The minimum Gasteiger partial charge on any atom is -0.376 e. The zero-order valence-electron chi connectivity index (χ0n) is 16.1. The molecule has 1 aromatic carbocycles. The van der Waals surface area contributed by atoms with Gasteiger partial charge >= 0.3 is 0 Å². The van der Waals surface area contributed by atoms with Crippen molar-refractivity contribution in [3.63, 3.8) is 0 Å². The lowest BCUT2D eigenvalue weighted by Gasteiger charge is -2.45. The van der Waals surface area contributed by atoms with E-state index in [9.17, 15) is 9.59 Å². The highest BCUT2D eigenvalue weighted by molar-refractivity contribution is 5.75. The first-order valence-electron chi connectivity index (χ1n) is 9.52. The molecule has 1 amide bonds. The number of ether oxygens (including phenoxy) is 1. The minimum absolute atomic E-state index is 0.0140. The largest absolute Gasteiger partial charge is 0.376 e. The first kappa shape index (κ1) is 19.4. The molecule has 0 radical (unpaired) electrons. The van der Waals surface area contributed by atoms with Crippen molar-refractivity contribution >= 4 is 5.91 Å². The third kappa shape index (κ3) is 4.86. The fourth-order valence-corrected chi connectivity index (χ4v) is 4.12. The summed E-state index contributed by atoms with van der Waals surface area (Å²) in [5.74, 6) is -0.141. The summed E-state index contributed by atoms with van der Waals surface area (Å²) in [6.07, 6.45) is 4.33. The maximum Gasteiger partial charge on any atom is 0.250 e. The molecule has 1 fully saturated rings. The lowest BCUT2D eigenvalue weighted by atomic mass is 9.67. The molecule has 144 valence electrons. The monoisotopic (exact) mass is 368 g/mol. The van der Waals surface area contributed by atoms with Gasteiger partial charge in [0.25, 0.3) is 5.56 Å². The first-order chi connectivity index (χ1) is 12.9. The summed E-state index contributed by atoms with van der Waals surface area (Å²) >= 11 is 0. The number of aromatic nitrogens is 1. The quantitative estimate of drug-likeness (QED) is 0.853. The van der Waals surface area contributed by atoms with E-state index in [0.717, 1.165) is 25.9 Å². The molecule has 2 heterocycles. The Morgan fingerprint density at radius 2 is 1.89 bits per heavy atom. The maximum absolute atomic E-state index is 12.3. The highest BCUT2D eigenvalue weighted by Crippen LogP contribution is 2.43. The highest BCUT2D eigenvalue weighted by atomic mass is 16.5. The number of nitrogens with zero attached hydrogens (tertiary/aromatic N) is 1. The molecule has 0 unspecified atom stereocenters. The van der Waals surface area contributed by atoms with Gasteiger partial charge in [0.2, 0.25) is 5.91 Å². The molecule has 0 bridgehead atoms. The lowest BCUT2D eigenvalue weighted by molar-refractivity contribution is -0.121. The van der Waals surface area contributed by atoms with Gasteiger partial charge in [-0.05, 0) is 44.7 Å². The van der Waals surface area contributed by atoms with Crippen LogP contribution in [0, 0.1) is 0 Å². The van der Waals surface area contributed by atoms with Crippen LogP contribution >= 0.6 is 0 Å². The molecule has 0 spiro atoms. The van der Waals surface area contributed by atoms with Crippen LogP contribution in [-0.2, 0) is 21.5 Å². The van der Waals surface area contributed by atoms with Gasteiger partial charge in [-0.1, -0.05) is 36.4 Å². The summed E-state index contributed by atoms with van der Waals surface area (Å²) in [4.78, 5) is 24.0. The van der Waals surface area contributed by atoms with Crippen LogP contribution in [0.15, 0.2) is 59.5 Å². The van der Waals surface area contributed by atoms with Gasteiger partial charge in [0.15, 0.2) is 0 Å². The van der Waals surface area contributed by atoms with Crippen molar-refractivity contribution < 1.29 is 9.53 Å². The third-order valence-corrected chi connectivity index (χ3v) is 5.36. The first-order valence-corrected chi connectivity index (χ1v) is 9.52. The molecule has 1 aliphatic heterocycles. The van der Waals surface area contributed by atoms with Gasteiger partial charge in [-0.2, -0.15) is 0 Å². The Morgan fingerprint density at radius 3 is 2.59 bits per heavy atom. The molecular weight excluding hydrogens is 340 g/mol. The van der Waals surface area contributed by atoms with E-state index >= 15 is 0 Å². The summed E-state index contributed by atoms with van der Waals surface area (Å²) in [6.45, 7) is 5.60. The van der Waals surface area contributed by atoms with Crippen molar-refractivity contribution in [2.24, 2.45) is 0 Å². The predicted molar refractivity (Wildman–Crippen MR) is 106 cm³/mol. The number of hydrogen-bond donors (Lipinski definition) is 1. The molecule has 1 atom stereocenters. The Kier molecular flexibility index (Phi) is 5.80. The predicted octanol–water partition coefficient (Wildman–Crippen LogP) is 2.88. The number of carbonyl (C=O) groups excluding carboxylic acids is 1. The normalized spacial score (nSPS) is 21.6. The third-order valence-electron chi connectivity index (χ3n) is 5.36. The molecular formula is C22H28N2O3. The maximum atomic E-state index is 12.3. The van der Waals surface area contributed by atoms with E-state index in [0.29, 0.717) is 6.54 Å². The Hall–Kier alpha value is -2.40. The van der Waals surface area contributed by atoms with Crippen LogP contribution < -0.4 is 10.9 Å². The Bertz CT molecular complexity index is 829. The number of rotatable bonds is 6. The average Bonchev–Trinajstić information content (AvgIpc) is 2.63. The van der Waals surface area contributed by atoms with Gasteiger partial charge in [0.1, 0.15) is 6.54 Å².